The first-order chi connectivity index (χ1) is 16.4. The SMILES string of the molecule is CC1(C)Cc2c(-c3cc(NC(=O)CCC4COCCN4C(=O)OC(C)(C)C)ncc3Cl)cnn2C1. The third-order valence-electron chi connectivity index (χ3n) is 6.15. The van der Waals surface area contributed by atoms with E-state index < -0.39 is 5.60 Å². The van der Waals surface area contributed by atoms with E-state index in [0.29, 0.717) is 37.0 Å². The van der Waals surface area contributed by atoms with Gasteiger partial charge in [-0.2, -0.15) is 5.10 Å². The standard InChI is InChI=1S/C25H34ClN5O4/c1-24(2,3)35-23(33)30-8-9-34-14-16(30)6-7-22(32)29-21-10-17(19(26)13-27-21)18-12-28-31-15-25(4,5)11-20(18)31/h10,12-13,16H,6-9,11,14-15H2,1-5H3,(H,27,29,32). The van der Waals surface area contributed by atoms with Gasteiger partial charge in [-0.05, 0) is 45.1 Å². The number of fused-ring (bicyclic) bond motifs is 1. The van der Waals surface area contributed by atoms with Crippen molar-refractivity contribution in [1.29, 1.82) is 0 Å². The lowest BCUT2D eigenvalue weighted by Gasteiger charge is -2.36. The Morgan fingerprint density at radius 3 is 2.80 bits per heavy atom. The number of carbonyl (C=O) groups is 2. The number of ether oxygens (including phenoxy) is 2. The molecule has 0 bridgehead atoms. The third kappa shape index (κ3) is 6.13. The van der Waals surface area contributed by atoms with Gasteiger partial charge in [-0.15, -0.1) is 0 Å². The number of aromatic nitrogens is 3. The highest BCUT2D eigenvalue weighted by molar-refractivity contribution is 6.33. The van der Waals surface area contributed by atoms with E-state index in [-0.39, 0.29) is 29.9 Å². The number of hydrogen-bond acceptors (Lipinski definition) is 6. The van der Waals surface area contributed by atoms with Crippen molar-refractivity contribution in [1.82, 2.24) is 19.7 Å². The fourth-order valence-electron chi connectivity index (χ4n) is 4.54. The largest absolute Gasteiger partial charge is 0.444 e. The molecule has 4 rings (SSSR count). The minimum atomic E-state index is -0.582. The molecule has 0 aromatic carbocycles. The van der Waals surface area contributed by atoms with Gasteiger partial charge < -0.3 is 19.7 Å². The van der Waals surface area contributed by atoms with Crippen LogP contribution in [0.4, 0.5) is 10.6 Å². The molecular weight excluding hydrogens is 470 g/mol. The van der Waals surface area contributed by atoms with Crippen LogP contribution < -0.4 is 5.32 Å². The molecule has 1 unspecified atom stereocenters. The molecule has 0 spiro atoms. The fraction of sp³-hybridized carbons (Fsp3) is 0.600. The van der Waals surface area contributed by atoms with Crippen LogP contribution in [0.25, 0.3) is 11.1 Å². The molecular formula is C25H34ClN5O4. The molecule has 9 nitrogen and oxygen atoms in total. The summed E-state index contributed by atoms with van der Waals surface area (Å²) >= 11 is 6.48. The van der Waals surface area contributed by atoms with Crippen LogP contribution in [0, 0.1) is 5.41 Å². The Hall–Kier alpha value is -2.65. The van der Waals surface area contributed by atoms with Gasteiger partial charge in [0, 0.05) is 42.5 Å². The van der Waals surface area contributed by atoms with Crippen LogP contribution >= 0.6 is 11.6 Å². The number of morpholine rings is 1. The molecule has 1 saturated heterocycles. The molecule has 2 amide bonds. The number of rotatable bonds is 5. The van der Waals surface area contributed by atoms with Crippen molar-refractivity contribution in [3.63, 3.8) is 0 Å². The molecule has 4 heterocycles. The number of halogens is 1. The monoisotopic (exact) mass is 503 g/mol. The van der Waals surface area contributed by atoms with E-state index in [2.05, 4.69) is 29.2 Å². The molecule has 35 heavy (non-hydrogen) atoms. The number of pyridine rings is 1. The van der Waals surface area contributed by atoms with E-state index >= 15 is 0 Å². The van der Waals surface area contributed by atoms with Gasteiger partial charge in [0.2, 0.25) is 5.91 Å². The van der Waals surface area contributed by atoms with Gasteiger partial charge in [0.25, 0.3) is 0 Å². The summed E-state index contributed by atoms with van der Waals surface area (Å²) in [5, 5.41) is 7.90. The minimum Gasteiger partial charge on any atom is -0.444 e. The summed E-state index contributed by atoms with van der Waals surface area (Å²) in [4.78, 5) is 31.3. The molecule has 1 atom stereocenters. The van der Waals surface area contributed by atoms with Crippen LogP contribution in [0.3, 0.4) is 0 Å². The Labute approximate surface area is 211 Å². The molecule has 2 aromatic rings. The maximum Gasteiger partial charge on any atom is 0.410 e. The second-order valence-corrected chi connectivity index (χ2v) is 11.4. The first kappa shape index (κ1) is 25.4. The molecule has 1 N–H and O–H groups in total. The van der Waals surface area contributed by atoms with Crippen molar-refractivity contribution in [2.45, 2.75) is 72.1 Å². The van der Waals surface area contributed by atoms with Gasteiger partial charge in [-0.3, -0.25) is 9.48 Å². The predicted molar refractivity (Wildman–Crippen MR) is 133 cm³/mol. The molecule has 0 saturated carbocycles. The van der Waals surface area contributed by atoms with Crippen molar-refractivity contribution >= 4 is 29.4 Å². The van der Waals surface area contributed by atoms with Gasteiger partial charge in [0.15, 0.2) is 0 Å². The molecule has 0 aliphatic carbocycles. The first-order valence-electron chi connectivity index (χ1n) is 12.0. The van der Waals surface area contributed by atoms with Crippen molar-refractivity contribution < 1.29 is 19.1 Å². The van der Waals surface area contributed by atoms with Crippen LogP contribution in [0.5, 0.6) is 0 Å². The first-order valence-corrected chi connectivity index (χ1v) is 12.4. The average Bonchev–Trinajstić information content (AvgIpc) is 3.27. The topological polar surface area (TPSA) is 98.6 Å². The van der Waals surface area contributed by atoms with E-state index in [1.165, 1.54) is 0 Å². The summed E-state index contributed by atoms with van der Waals surface area (Å²) in [7, 11) is 0. The average molecular weight is 504 g/mol. The van der Waals surface area contributed by atoms with Crippen molar-refractivity contribution in [2.75, 3.05) is 25.1 Å². The van der Waals surface area contributed by atoms with Gasteiger partial charge >= 0.3 is 6.09 Å². The summed E-state index contributed by atoms with van der Waals surface area (Å²) in [5.74, 6) is 0.234. The summed E-state index contributed by atoms with van der Waals surface area (Å²) < 4.78 is 13.1. The normalized spacial score (nSPS) is 19.4. The van der Waals surface area contributed by atoms with Gasteiger partial charge in [0.1, 0.15) is 11.4 Å². The maximum absolute atomic E-state index is 12.7. The molecule has 10 heteroatoms. The van der Waals surface area contributed by atoms with Crippen molar-refractivity contribution in [3.05, 3.63) is 29.2 Å². The molecule has 2 aliphatic rings. The molecule has 0 radical (unpaired) electrons. The second kappa shape index (κ2) is 9.78. The Kier molecular flexibility index (Phi) is 7.11. The summed E-state index contributed by atoms with van der Waals surface area (Å²) in [5.41, 5.74) is 2.46. The Morgan fingerprint density at radius 2 is 2.06 bits per heavy atom. The predicted octanol–water partition coefficient (Wildman–Crippen LogP) is 4.54. The summed E-state index contributed by atoms with van der Waals surface area (Å²) in [6.45, 7) is 12.1. The van der Waals surface area contributed by atoms with Crippen molar-refractivity contribution in [3.8, 4) is 11.1 Å². The lowest BCUT2D eigenvalue weighted by atomic mass is 9.89. The van der Waals surface area contributed by atoms with Crippen LogP contribution in [0.15, 0.2) is 18.5 Å². The smallest absolute Gasteiger partial charge is 0.410 e. The van der Waals surface area contributed by atoms with Gasteiger partial charge in [-0.1, -0.05) is 25.4 Å². The number of nitrogens with zero attached hydrogens (tertiary/aromatic N) is 4. The third-order valence-corrected chi connectivity index (χ3v) is 6.45. The van der Waals surface area contributed by atoms with Gasteiger partial charge in [-0.25, -0.2) is 9.78 Å². The summed E-state index contributed by atoms with van der Waals surface area (Å²) in [6.07, 6.45) is 4.57. The lowest BCUT2D eigenvalue weighted by molar-refractivity contribution is -0.117. The molecule has 2 aliphatic heterocycles. The molecule has 2 aromatic heterocycles. The van der Waals surface area contributed by atoms with E-state index in [1.807, 2.05) is 31.6 Å². The Morgan fingerprint density at radius 1 is 1.29 bits per heavy atom. The number of anilines is 1. The zero-order valence-electron chi connectivity index (χ0n) is 21.1. The quantitative estimate of drug-likeness (QED) is 0.643. The van der Waals surface area contributed by atoms with Gasteiger partial charge in [0.05, 0.1) is 30.5 Å². The number of amides is 2. The van der Waals surface area contributed by atoms with E-state index in [0.717, 1.165) is 29.8 Å². The van der Waals surface area contributed by atoms with Crippen LogP contribution in [-0.4, -0.2) is 63.1 Å². The minimum absolute atomic E-state index is 0.144. The fourth-order valence-corrected chi connectivity index (χ4v) is 4.75. The second-order valence-electron chi connectivity index (χ2n) is 11.0. The molecule has 1 fully saturated rings. The highest BCUT2D eigenvalue weighted by atomic mass is 35.5. The van der Waals surface area contributed by atoms with E-state index in [4.69, 9.17) is 21.1 Å². The molecule has 190 valence electrons. The maximum atomic E-state index is 12.7. The van der Waals surface area contributed by atoms with E-state index in [9.17, 15) is 9.59 Å². The van der Waals surface area contributed by atoms with Crippen LogP contribution in [0.2, 0.25) is 5.02 Å². The number of nitrogens with one attached hydrogen (secondary N) is 1. The van der Waals surface area contributed by atoms with Crippen molar-refractivity contribution in [2.24, 2.45) is 5.41 Å². The zero-order chi connectivity index (χ0) is 25.4. The summed E-state index contributed by atoms with van der Waals surface area (Å²) in [6, 6.07) is 1.57. The number of carbonyl (C=O) groups excluding carboxylic acids is 2. The highest BCUT2D eigenvalue weighted by Gasteiger charge is 2.33. The Bertz CT molecular complexity index is 1110. The van der Waals surface area contributed by atoms with E-state index in [1.54, 1.807) is 17.2 Å². The van der Waals surface area contributed by atoms with Crippen LogP contribution in [-0.2, 0) is 27.2 Å². The lowest BCUT2D eigenvalue weighted by Crippen LogP contribution is -2.50. The number of hydrogen-bond donors (Lipinski definition) is 1. The Balaban J connectivity index is 1.40. The zero-order valence-corrected chi connectivity index (χ0v) is 21.8. The highest BCUT2D eigenvalue weighted by Crippen LogP contribution is 2.39. The van der Waals surface area contributed by atoms with Crippen LogP contribution in [0.1, 0.15) is 53.2 Å².